The minimum absolute atomic E-state index is 0. The first-order chi connectivity index (χ1) is 5.52. The largest absolute Gasteiger partial charge is 1.00 e. The quantitative estimate of drug-likeness (QED) is 0.288. The molecule has 0 saturated carbocycles. The molecule has 0 aromatic rings. The molecule has 0 fully saturated rings. The van der Waals surface area contributed by atoms with E-state index in [-0.39, 0.29) is 25.3 Å². The van der Waals surface area contributed by atoms with E-state index in [1.165, 1.54) is 12.2 Å². The molecule has 5 heteroatoms. The van der Waals surface area contributed by atoms with Crippen LogP contribution in [0.15, 0.2) is 37.0 Å². The van der Waals surface area contributed by atoms with Crippen molar-refractivity contribution in [3.8, 4) is 0 Å². The fourth-order valence-corrected chi connectivity index (χ4v) is 1.81. The third kappa shape index (κ3) is 2.35. The van der Waals surface area contributed by atoms with Crippen molar-refractivity contribution >= 4 is 10.1 Å². The predicted molar refractivity (Wildman–Crippen MR) is 45.5 cm³/mol. The number of hydrogen-bond acceptors (Lipinski definition) is 3. The molecule has 13 heavy (non-hydrogen) atoms. The van der Waals surface area contributed by atoms with E-state index in [0.717, 1.165) is 0 Å². The van der Waals surface area contributed by atoms with E-state index >= 15 is 0 Å². The van der Waals surface area contributed by atoms with Crippen molar-refractivity contribution in [2.24, 2.45) is 0 Å². The van der Waals surface area contributed by atoms with Gasteiger partial charge in [-0.3, -0.25) is 0 Å². The van der Waals surface area contributed by atoms with Crippen molar-refractivity contribution < 1.29 is 31.8 Å². The van der Waals surface area contributed by atoms with E-state index in [4.69, 9.17) is 0 Å². The van der Waals surface area contributed by atoms with Gasteiger partial charge in [-0.2, -0.15) is 0 Å². The molecule has 0 radical (unpaired) electrons. The Morgan fingerprint density at radius 2 is 2.08 bits per heavy atom. The SMILES string of the molecule is C=CC1(S(=O)(=O)[O-])C=CC=CC1.[Li+]. The van der Waals surface area contributed by atoms with Gasteiger partial charge in [-0.15, -0.1) is 6.58 Å². The van der Waals surface area contributed by atoms with E-state index in [2.05, 4.69) is 6.58 Å². The minimum atomic E-state index is -4.34. The second-order valence-corrected chi connectivity index (χ2v) is 4.27. The van der Waals surface area contributed by atoms with Gasteiger partial charge in [0.15, 0.2) is 0 Å². The van der Waals surface area contributed by atoms with Crippen LogP contribution in [0.5, 0.6) is 0 Å². The smallest absolute Gasteiger partial charge is 0.747 e. The number of hydrogen-bond donors (Lipinski definition) is 0. The minimum Gasteiger partial charge on any atom is -0.747 e. The van der Waals surface area contributed by atoms with Crippen LogP contribution in [0, 0.1) is 0 Å². The molecule has 1 aliphatic carbocycles. The van der Waals surface area contributed by atoms with Gasteiger partial charge in [0.2, 0.25) is 0 Å². The van der Waals surface area contributed by atoms with Crippen LogP contribution in [-0.4, -0.2) is 17.7 Å². The third-order valence-electron chi connectivity index (χ3n) is 1.87. The van der Waals surface area contributed by atoms with Crippen LogP contribution >= 0.6 is 0 Å². The van der Waals surface area contributed by atoms with Crippen molar-refractivity contribution in [2.75, 3.05) is 0 Å². The van der Waals surface area contributed by atoms with E-state index in [0.29, 0.717) is 0 Å². The zero-order valence-electron chi connectivity index (χ0n) is 7.43. The predicted octanol–water partition coefficient (Wildman–Crippen LogP) is -2.02. The monoisotopic (exact) mass is 192 g/mol. The summed E-state index contributed by atoms with van der Waals surface area (Å²) in [4.78, 5) is 0. The van der Waals surface area contributed by atoms with Crippen LogP contribution in [0.2, 0.25) is 0 Å². The zero-order chi connectivity index (χ0) is 9.24. The maximum atomic E-state index is 10.8. The van der Waals surface area contributed by atoms with Gasteiger partial charge in [-0.05, 0) is 6.42 Å². The molecule has 1 unspecified atom stereocenters. The standard InChI is InChI=1S/C8H10O3S.Li/c1-2-8(12(9,10)11)6-4-3-5-7-8;/h2-6H,1,7H2,(H,9,10,11);/q;+1/p-1. The van der Waals surface area contributed by atoms with E-state index in [9.17, 15) is 13.0 Å². The van der Waals surface area contributed by atoms with E-state index in [1.54, 1.807) is 18.2 Å². The molecular formula is C8H9LiO3S. The molecule has 1 atom stereocenters. The van der Waals surface area contributed by atoms with Crippen molar-refractivity contribution in [1.82, 2.24) is 0 Å². The summed E-state index contributed by atoms with van der Waals surface area (Å²) in [5, 5.41) is 0. The third-order valence-corrected chi connectivity index (χ3v) is 3.27. The topological polar surface area (TPSA) is 57.2 Å². The first kappa shape index (κ1) is 12.7. The second kappa shape index (κ2) is 4.29. The first-order valence-corrected chi connectivity index (χ1v) is 4.86. The fraction of sp³-hybridized carbons (Fsp3) is 0.250. The molecule has 66 valence electrons. The van der Waals surface area contributed by atoms with Crippen LogP contribution in [0.4, 0.5) is 0 Å². The van der Waals surface area contributed by atoms with Crippen molar-refractivity contribution in [3.05, 3.63) is 37.0 Å². The summed E-state index contributed by atoms with van der Waals surface area (Å²) in [6, 6.07) is 0. The zero-order valence-corrected chi connectivity index (χ0v) is 8.25. The Kier molecular flexibility index (Phi) is 4.20. The molecule has 0 bridgehead atoms. The van der Waals surface area contributed by atoms with Crippen molar-refractivity contribution in [2.45, 2.75) is 11.2 Å². The summed E-state index contributed by atoms with van der Waals surface area (Å²) >= 11 is 0. The number of allylic oxidation sites excluding steroid dienone is 3. The first-order valence-electron chi connectivity index (χ1n) is 3.45. The van der Waals surface area contributed by atoms with Gasteiger partial charge in [0.1, 0.15) is 10.1 Å². The molecule has 0 heterocycles. The molecule has 0 saturated heterocycles. The maximum Gasteiger partial charge on any atom is 1.00 e. The molecule has 0 amide bonds. The van der Waals surface area contributed by atoms with Crippen LogP contribution in [-0.2, 0) is 10.1 Å². The molecule has 0 aliphatic heterocycles. The Morgan fingerprint density at radius 3 is 2.31 bits per heavy atom. The summed E-state index contributed by atoms with van der Waals surface area (Å²) in [5.74, 6) is 0. The van der Waals surface area contributed by atoms with E-state index < -0.39 is 14.9 Å². The molecule has 0 aromatic heterocycles. The van der Waals surface area contributed by atoms with Gasteiger partial charge in [0.05, 0.1) is 4.75 Å². The van der Waals surface area contributed by atoms with Crippen molar-refractivity contribution in [1.29, 1.82) is 0 Å². The van der Waals surface area contributed by atoms with Gasteiger partial charge in [-0.25, -0.2) is 8.42 Å². The van der Waals surface area contributed by atoms with Crippen LogP contribution < -0.4 is 18.9 Å². The Balaban J connectivity index is 0.00000144. The molecule has 1 aliphatic rings. The average molecular weight is 192 g/mol. The Labute approximate surface area is 90.1 Å². The van der Waals surface area contributed by atoms with Crippen LogP contribution in [0.25, 0.3) is 0 Å². The molecule has 0 N–H and O–H groups in total. The summed E-state index contributed by atoms with van der Waals surface area (Å²) in [5.41, 5.74) is 0. The summed E-state index contributed by atoms with van der Waals surface area (Å²) in [7, 11) is -4.34. The van der Waals surface area contributed by atoms with E-state index in [1.807, 2.05) is 0 Å². The maximum absolute atomic E-state index is 10.8. The average Bonchev–Trinajstić information content (AvgIpc) is 2.04. The summed E-state index contributed by atoms with van der Waals surface area (Å²) < 4.78 is 31.1. The van der Waals surface area contributed by atoms with Crippen molar-refractivity contribution in [3.63, 3.8) is 0 Å². The molecular weight excluding hydrogens is 183 g/mol. The molecule has 0 spiro atoms. The Bertz CT molecular complexity index is 342. The van der Waals surface area contributed by atoms with Gasteiger partial charge in [0, 0.05) is 0 Å². The fourth-order valence-electron chi connectivity index (χ4n) is 1.06. The Hall–Kier alpha value is -0.273. The number of rotatable bonds is 2. The normalized spacial score (nSPS) is 26.5. The van der Waals surface area contributed by atoms with Crippen LogP contribution in [0.1, 0.15) is 6.42 Å². The summed E-state index contributed by atoms with van der Waals surface area (Å²) in [6.45, 7) is 3.36. The molecule has 3 nitrogen and oxygen atoms in total. The van der Waals surface area contributed by atoms with Gasteiger partial charge in [0.25, 0.3) is 0 Å². The van der Waals surface area contributed by atoms with Gasteiger partial charge < -0.3 is 4.55 Å². The van der Waals surface area contributed by atoms with Crippen LogP contribution in [0.3, 0.4) is 0 Å². The molecule has 0 aromatic carbocycles. The van der Waals surface area contributed by atoms with Gasteiger partial charge in [-0.1, -0.05) is 30.4 Å². The molecule has 1 rings (SSSR count). The Morgan fingerprint density at radius 1 is 1.46 bits per heavy atom. The second-order valence-electron chi connectivity index (χ2n) is 2.60. The summed E-state index contributed by atoms with van der Waals surface area (Å²) in [6.07, 6.45) is 7.60. The van der Waals surface area contributed by atoms with Gasteiger partial charge >= 0.3 is 18.9 Å².